The number of hydrogen-bond acceptors (Lipinski definition) is 3. The zero-order chi connectivity index (χ0) is 12.5. The number of carbonyl (C=O) groups excluding carboxylic acids is 1. The molecular weight excluding hydrogens is 214 g/mol. The number of nitrogens with one attached hydrogen (secondary N) is 1. The fourth-order valence-corrected chi connectivity index (χ4v) is 1.67. The van der Waals surface area contributed by atoms with Crippen LogP contribution in [0, 0.1) is 0 Å². The second kappa shape index (κ2) is 7.79. The van der Waals surface area contributed by atoms with Gasteiger partial charge in [-0.15, -0.1) is 0 Å². The molecule has 0 aromatic carbocycles. The van der Waals surface area contributed by atoms with Crippen LogP contribution in [0.25, 0.3) is 0 Å². The minimum absolute atomic E-state index is 0.216. The molecular formula is C13H21N3O. The van der Waals surface area contributed by atoms with Crippen LogP contribution in [0.3, 0.4) is 0 Å². The quantitative estimate of drug-likeness (QED) is 0.727. The zero-order valence-corrected chi connectivity index (χ0v) is 10.6. The molecule has 0 spiro atoms. The minimum atomic E-state index is 0.216. The smallest absolute Gasteiger partial charge is 0.223 e. The van der Waals surface area contributed by atoms with Crippen LogP contribution < -0.4 is 5.32 Å². The largest absolute Gasteiger partial charge is 0.343 e. The van der Waals surface area contributed by atoms with E-state index in [9.17, 15) is 4.79 Å². The number of amides is 1. The summed E-state index contributed by atoms with van der Waals surface area (Å²) < 4.78 is 0. The molecule has 0 aliphatic carbocycles. The molecule has 0 saturated carbocycles. The van der Waals surface area contributed by atoms with E-state index in [0.29, 0.717) is 13.0 Å². The molecule has 4 heteroatoms. The van der Waals surface area contributed by atoms with Crippen molar-refractivity contribution in [3.8, 4) is 0 Å². The monoisotopic (exact) mass is 235 g/mol. The van der Waals surface area contributed by atoms with Crippen LogP contribution in [0.2, 0.25) is 0 Å². The van der Waals surface area contributed by atoms with Gasteiger partial charge in [0.1, 0.15) is 0 Å². The van der Waals surface area contributed by atoms with E-state index in [1.165, 1.54) is 0 Å². The third kappa shape index (κ3) is 4.95. The van der Waals surface area contributed by atoms with Gasteiger partial charge in [0.25, 0.3) is 0 Å². The van der Waals surface area contributed by atoms with Gasteiger partial charge in [-0.25, -0.2) is 0 Å². The predicted octanol–water partition coefficient (Wildman–Crippen LogP) is 1.43. The fourth-order valence-electron chi connectivity index (χ4n) is 1.67. The molecule has 94 valence electrons. The summed E-state index contributed by atoms with van der Waals surface area (Å²) in [6, 6.07) is 3.93. The van der Waals surface area contributed by atoms with Crippen LogP contribution in [-0.4, -0.2) is 35.4 Å². The molecule has 0 aliphatic rings. The fraction of sp³-hybridized carbons (Fsp3) is 0.538. The van der Waals surface area contributed by atoms with Crippen molar-refractivity contribution >= 4 is 5.91 Å². The van der Waals surface area contributed by atoms with Crippen molar-refractivity contribution in [2.45, 2.75) is 26.8 Å². The van der Waals surface area contributed by atoms with Gasteiger partial charge in [0.2, 0.25) is 5.91 Å². The number of nitrogens with zero attached hydrogens (tertiary/aromatic N) is 2. The van der Waals surface area contributed by atoms with Crippen LogP contribution in [0.5, 0.6) is 0 Å². The molecule has 0 fully saturated rings. The molecule has 17 heavy (non-hydrogen) atoms. The Bertz CT molecular complexity index is 323. The highest BCUT2D eigenvalue weighted by molar-refractivity contribution is 5.76. The van der Waals surface area contributed by atoms with Crippen molar-refractivity contribution in [2.24, 2.45) is 0 Å². The number of rotatable bonds is 7. The summed E-state index contributed by atoms with van der Waals surface area (Å²) in [6.45, 7) is 7.06. The first-order valence-electron chi connectivity index (χ1n) is 6.15. The molecule has 0 atom stereocenters. The van der Waals surface area contributed by atoms with E-state index in [1.54, 1.807) is 6.20 Å². The van der Waals surface area contributed by atoms with Gasteiger partial charge in [0.05, 0.1) is 0 Å². The summed E-state index contributed by atoms with van der Waals surface area (Å²) in [6.07, 6.45) is 4.15. The van der Waals surface area contributed by atoms with Crippen molar-refractivity contribution in [1.29, 1.82) is 0 Å². The van der Waals surface area contributed by atoms with E-state index in [1.807, 2.05) is 37.1 Å². The summed E-state index contributed by atoms with van der Waals surface area (Å²) in [5, 5.41) is 3.25. The van der Waals surface area contributed by atoms with Crippen LogP contribution in [-0.2, 0) is 11.3 Å². The van der Waals surface area contributed by atoms with Crippen molar-refractivity contribution in [1.82, 2.24) is 15.2 Å². The number of pyridine rings is 1. The lowest BCUT2D eigenvalue weighted by molar-refractivity contribution is -0.130. The van der Waals surface area contributed by atoms with Crippen molar-refractivity contribution in [2.75, 3.05) is 19.6 Å². The topological polar surface area (TPSA) is 45.2 Å². The summed E-state index contributed by atoms with van der Waals surface area (Å²) >= 11 is 0. The standard InChI is InChI=1S/C13H21N3O/c1-3-16(4-2)13(17)7-9-15-11-12-6-5-8-14-10-12/h5-6,8,10,15H,3-4,7,9,11H2,1-2H3. The molecule has 1 N–H and O–H groups in total. The van der Waals surface area contributed by atoms with E-state index in [0.717, 1.165) is 25.2 Å². The maximum Gasteiger partial charge on any atom is 0.223 e. The van der Waals surface area contributed by atoms with Gasteiger partial charge >= 0.3 is 0 Å². The van der Waals surface area contributed by atoms with E-state index < -0.39 is 0 Å². The normalized spacial score (nSPS) is 10.2. The molecule has 0 bridgehead atoms. The van der Waals surface area contributed by atoms with Crippen molar-refractivity contribution < 1.29 is 4.79 Å². The summed E-state index contributed by atoms with van der Waals surface area (Å²) in [5.74, 6) is 0.216. The van der Waals surface area contributed by atoms with Gasteiger partial charge in [0.15, 0.2) is 0 Å². The number of carbonyl (C=O) groups is 1. The Morgan fingerprint density at radius 3 is 2.76 bits per heavy atom. The molecule has 1 amide bonds. The molecule has 1 aromatic rings. The lowest BCUT2D eigenvalue weighted by Crippen LogP contribution is -2.32. The highest BCUT2D eigenvalue weighted by atomic mass is 16.2. The van der Waals surface area contributed by atoms with E-state index in [2.05, 4.69) is 10.3 Å². The first-order chi connectivity index (χ1) is 8.27. The predicted molar refractivity (Wildman–Crippen MR) is 68.5 cm³/mol. The Morgan fingerprint density at radius 1 is 1.41 bits per heavy atom. The number of aromatic nitrogens is 1. The van der Waals surface area contributed by atoms with Gasteiger partial charge in [0, 0.05) is 45.0 Å². The van der Waals surface area contributed by atoms with Crippen LogP contribution >= 0.6 is 0 Å². The number of hydrogen-bond donors (Lipinski definition) is 1. The Hall–Kier alpha value is -1.42. The van der Waals surface area contributed by atoms with Gasteiger partial charge < -0.3 is 10.2 Å². The maximum absolute atomic E-state index is 11.7. The van der Waals surface area contributed by atoms with Crippen LogP contribution in [0.4, 0.5) is 0 Å². The van der Waals surface area contributed by atoms with Crippen LogP contribution in [0.1, 0.15) is 25.8 Å². The van der Waals surface area contributed by atoms with Gasteiger partial charge in [-0.1, -0.05) is 6.07 Å². The van der Waals surface area contributed by atoms with E-state index in [4.69, 9.17) is 0 Å². The zero-order valence-electron chi connectivity index (χ0n) is 10.6. The van der Waals surface area contributed by atoms with E-state index in [-0.39, 0.29) is 5.91 Å². The second-order valence-corrected chi connectivity index (χ2v) is 3.85. The summed E-state index contributed by atoms with van der Waals surface area (Å²) in [5.41, 5.74) is 1.14. The lowest BCUT2D eigenvalue weighted by Gasteiger charge is -2.18. The molecule has 1 aromatic heterocycles. The molecule has 0 saturated heterocycles. The van der Waals surface area contributed by atoms with Gasteiger partial charge in [-0.2, -0.15) is 0 Å². The lowest BCUT2D eigenvalue weighted by atomic mass is 10.3. The highest BCUT2D eigenvalue weighted by Crippen LogP contribution is 1.96. The summed E-state index contributed by atoms with van der Waals surface area (Å²) in [7, 11) is 0. The minimum Gasteiger partial charge on any atom is -0.343 e. The molecule has 0 aliphatic heterocycles. The Kier molecular flexibility index (Phi) is 6.25. The van der Waals surface area contributed by atoms with Crippen molar-refractivity contribution in [3.63, 3.8) is 0 Å². The molecule has 4 nitrogen and oxygen atoms in total. The molecule has 0 radical (unpaired) electrons. The molecule has 1 heterocycles. The van der Waals surface area contributed by atoms with Crippen LogP contribution in [0.15, 0.2) is 24.5 Å². The molecule has 0 unspecified atom stereocenters. The average molecular weight is 235 g/mol. The average Bonchev–Trinajstić information content (AvgIpc) is 2.37. The molecule has 1 rings (SSSR count). The van der Waals surface area contributed by atoms with Crippen molar-refractivity contribution in [3.05, 3.63) is 30.1 Å². The third-order valence-electron chi connectivity index (χ3n) is 2.68. The Balaban J connectivity index is 2.18. The van der Waals surface area contributed by atoms with Gasteiger partial charge in [-0.05, 0) is 25.5 Å². The first kappa shape index (κ1) is 13.6. The first-order valence-corrected chi connectivity index (χ1v) is 6.15. The van der Waals surface area contributed by atoms with Gasteiger partial charge in [-0.3, -0.25) is 9.78 Å². The van der Waals surface area contributed by atoms with E-state index >= 15 is 0 Å². The second-order valence-electron chi connectivity index (χ2n) is 3.85. The maximum atomic E-state index is 11.7. The summed E-state index contributed by atoms with van der Waals surface area (Å²) in [4.78, 5) is 17.6. The SMILES string of the molecule is CCN(CC)C(=O)CCNCc1cccnc1. The Labute approximate surface area is 103 Å². The highest BCUT2D eigenvalue weighted by Gasteiger charge is 2.07. The Morgan fingerprint density at radius 2 is 2.18 bits per heavy atom. The third-order valence-corrected chi connectivity index (χ3v) is 2.68.